The molecule has 1 N–H and O–H groups in total. The molecule has 0 bridgehead atoms. The maximum Gasteiger partial charge on any atom is 0.246 e. The van der Waals surface area contributed by atoms with Crippen LogP contribution in [-0.4, -0.2) is 29.8 Å². The van der Waals surface area contributed by atoms with Gasteiger partial charge in [0.25, 0.3) is 0 Å². The topological polar surface area (TPSA) is 49.4 Å². The molecule has 1 atom stereocenters. The van der Waals surface area contributed by atoms with Crippen molar-refractivity contribution in [1.29, 1.82) is 0 Å². The summed E-state index contributed by atoms with van der Waals surface area (Å²) in [4.78, 5) is 26.1. The summed E-state index contributed by atoms with van der Waals surface area (Å²) >= 11 is 0. The zero-order chi connectivity index (χ0) is 15.2. The van der Waals surface area contributed by atoms with Crippen molar-refractivity contribution < 1.29 is 9.59 Å². The van der Waals surface area contributed by atoms with E-state index in [1.165, 1.54) is 0 Å². The van der Waals surface area contributed by atoms with Crippen LogP contribution in [0.15, 0.2) is 42.0 Å². The summed E-state index contributed by atoms with van der Waals surface area (Å²) in [5.74, 6) is -0.128. The Balaban J connectivity index is 1.96. The van der Waals surface area contributed by atoms with Crippen LogP contribution in [0.3, 0.4) is 0 Å². The molecule has 1 aliphatic rings. The summed E-state index contributed by atoms with van der Waals surface area (Å²) in [6.07, 6.45) is 3.34. The smallest absolute Gasteiger partial charge is 0.246 e. The third-order valence-electron chi connectivity index (χ3n) is 3.56. The van der Waals surface area contributed by atoms with Crippen LogP contribution >= 0.6 is 0 Å². The van der Waals surface area contributed by atoms with Crippen LogP contribution in [0.4, 0.5) is 5.69 Å². The van der Waals surface area contributed by atoms with E-state index in [9.17, 15) is 9.59 Å². The molecule has 2 rings (SSSR count). The summed E-state index contributed by atoms with van der Waals surface area (Å²) in [5, 5.41) is 2.92. The number of hydrogen-bond donors (Lipinski definition) is 1. The van der Waals surface area contributed by atoms with E-state index < -0.39 is 0 Å². The molecule has 0 spiro atoms. The average molecular weight is 286 g/mol. The van der Waals surface area contributed by atoms with Crippen molar-refractivity contribution in [2.45, 2.75) is 26.7 Å². The minimum absolute atomic E-state index is 0.00380. The highest BCUT2D eigenvalue weighted by Gasteiger charge is 2.27. The van der Waals surface area contributed by atoms with Gasteiger partial charge in [-0.1, -0.05) is 23.8 Å². The maximum absolute atomic E-state index is 12.3. The summed E-state index contributed by atoms with van der Waals surface area (Å²) in [7, 11) is 0. The highest BCUT2D eigenvalue weighted by molar-refractivity contribution is 5.94. The lowest BCUT2D eigenvalue weighted by Crippen LogP contribution is -2.43. The molecule has 0 aromatic heterocycles. The molecule has 21 heavy (non-hydrogen) atoms. The maximum atomic E-state index is 12.3. The van der Waals surface area contributed by atoms with E-state index >= 15 is 0 Å². The number of amides is 2. The van der Waals surface area contributed by atoms with Crippen LogP contribution in [0.1, 0.15) is 26.7 Å². The number of allylic oxidation sites excluding steroid dienone is 1. The second-order valence-electron chi connectivity index (χ2n) is 5.70. The normalized spacial score (nSPS) is 18.0. The standard InChI is InChI=1S/C17H22N2O2/c1-13(2)11-16(20)19-10-6-7-14(12-19)17(21)18-15-8-4-3-5-9-15/h3-5,8-9,11,14H,6-7,10,12H2,1-2H3,(H,18,21)/t14-/m1/s1. The van der Waals surface area contributed by atoms with Gasteiger partial charge in [-0.3, -0.25) is 9.59 Å². The molecule has 1 fully saturated rings. The second kappa shape index (κ2) is 7.07. The number of benzene rings is 1. The van der Waals surface area contributed by atoms with E-state index in [1.54, 1.807) is 11.0 Å². The number of likely N-dealkylation sites (tertiary alicyclic amines) is 1. The monoisotopic (exact) mass is 286 g/mol. The number of hydrogen-bond acceptors (Lipinski definition) is 2. The van der Waals surface area contributed by atoms with Gasteiger partial charge >= 0.3 is 0 Å². The van der Waals surface area contributed by atoms with Crippen LogP contribution in [0.2, 0.25) is 0 Å². The first-order valence-electron chi connectivity index (χ1n) is 7.36. The first-order valence-corrected chi connectivity index (χ1v) is 7.36. The van der Waals surface area contributed by atoms with Crippen molar-refractivity contribution >= 4 is 17.5 Å². The van der Waals surface area contributed by atoms with E-state index in [1.807, 2.05) is 44.2 Å². The predicted octanol–water partition coefficient (Wildman–Crippen LogP) is 2.83. The Morgan fingerprint density at radius 2 is 1.95 bits per heavy atom. The number of rotatable bonds is 3. The number of para-hydroxylation sites is 1. The highest BCUT2D eigenvalue weighted by Crippen LogP contribution is 2.19. The molecule has 0 aliphatic carbocycles. The van der Waals surface area contributed by atoms with E-state index in [2.05, 4.69) is 5.32 Å². The molecule has 4 heteroatoms. The van der Waals surface area contributed by atoms with Gasteiger partial charge in [0.15, 0.2) is 0 Å². The Bertz CT molecular complexity index is 533. The van der Waals surface area contributed by atoms with E-state index in [0.717, 1.165) is 30.6 Å². The lowest BCUT2D eigenvalue weighted by Gasteiger charge is -2.31. The van der Waals surface area contributed by atoms with Crippen molar-refractivity contribution in [3.05, 3.63) is 42.0 Å². The molecular formula is C17H22N2O2. The Hall–Kier alpha value is -2.10. The second-order valence-corrected chi connectivity index (χ2v) is 5.70. The van der Waals surface area contributed by atoms with Gasteiger partial charge < -0.3 is 10.2 Å². The Morgan fingerprint density at radius 1 is 1.24 bits per heavy atom. The number of anilines is 1. The summed E-state index contributed by atoms with van der Waals surface area (Å²) in [6.45, 7) is 5.04. The summed E-state index contributed by atoms with van der Waals surface area (Å²) < 4.78 is 0. The van der Waals surface area contributed by atoms with Crippen molar-refractivity contribution in [2.75, 3.05) is 18.4 Å². The van der Waals surface area contributed by atoms with Crippen LogP contribution in [-0.2, 0) is 9.59 Å². The molecule has 1 saturated heterocycles. The van der Waals surface area contributed by atoms with Gasteiger partial charge in [-0.15, -0.1) is 0 Å². The van der Waals surface area contributed by atoms with Gasteiger partial charge in [-0.05, 0) is 38.8 Å². The fourth-order valence-corrected chi connectivity index (χ4v) is 2.50. The van der Waals surface area contributed by atoms with Gasteiger partial charge in [-0.2, -0.15) is 0 Å². The zero-order valence-electron chi connectivity index (χ0n) is 12.6. The van der Waals surface area contributed by atoms with Crippen LogP contribution in [0, 0.1) is 5.92 Å². The molecule has 2 amide bonds. The fraction of sp³-hybridized carbons (Fsp3) is 0.412. The SMILES string of the molecule is CC(C)=CC(=O)N1CCC[C@@H](C(=O)Nc2ccccc2)C1. The molecule has 1 aromatic carbocycles. The van der Waals surface area contributed by atoms with Crippen molar-refractivity contribution in [2.24, 2.45) is 5.92 Å². The third-order valence-corrected chi connectivity index (χ3v) is 3.56. The molecule has 1 aliphatic heterocycles. The highest BCUT2D eigenvalue weighted by atomic mass is 16.2. The van der Waals surface area contributed by atoms with Gasteiger partial charge in [0.1, 0.15) is 0 Å². The number of piperidine rings is 1. The molecule has 0 unspecified atom stereocenters. The molecule has 112 valence electrons. The third kappa shape index (κ3) is 4.45. The largest absolute Gasteiger partial charge is 0.338 e. The lowest BCUT2D eigenvalue weighted by atomic mass is 9.97. The molecular weight excluding hydrogens is 264 g/mol. The van der Waals surface area contributed by atoms with Crippen molar-refractivity contribution in [3.8, 4) is 0 Å². The van der Waals surface area contributed by atoms with Gasteiger partial charge in [0.05, 0.1) is 5.92 Å². The van der Waals surface area contributed by atoms with E-state index in [4.69, 9.17) is 0 Å². The molecule has 4 nitrogen and oxygen atoms in total. The Kier molecular flexibility index (Phi) is 5.14. The fourth-order valence-electron chi connectivity index (χ4n) is 2.50. The number of carbonyl (C=O) groups excluding carboxylic acids is 2. The van der Waals surface area contributed by atoms with Crippen LogP contribution in [0.5, 0.6) is 0 Å². The van der Waals surface area contributed by atoms with Crippen molar-refractivity contribution in [1.82, 2.24) is 4.90 Å². The van der Waals surface area contributed by atoms with E-state index in [-0.39, 0.29) is 17.7 Å². The molecule has 0 radical (unpaired) electrons. The zero-order valence-corrected chi connectivity index (χ0v) is 12.6. The quantitative estimate of drug-likeness (QED) is 0.869. The average Bonchev–Trinajstić information content (AvgIpc) is 2.47. The van der Waals surface area contributed by atoms with Gasteiger partial charge in [0, 0.05) is 24.9 Å². The predicted molar refractivity (Wildman–Crippen MR) is 83.8 cm³/mol. The summed E-state index contributed by atoms with van der Waals surface area (Å²) in [6, 6.07) is 9.43. The van der Waals surface area contributed by atoms with Crippen LogP contribution < -0.4 is 5.32 Å². The Labute approximate surface area is 125 Å². The van der Waals surface area contributed by atoms with Gasteiger partial charge in [0.2, 0.25) is 11.8 Å². The first kappa shape index (κ1) is 15.3. The first-order chi connectivity index (χ1) is 10.1. The Morgan fingerprint density at radius 3 is 2.62 bits per heavy atom. The molecule has 1 heterocycles. The summed E-state index contributed by atoms with van der Waals surface area (Å²) in [5.41, 5.74) is 1.78. The number of nitrogens with one attached hydrogen (secondary N) is 1. The van der Waals surface area contributed by atoms with Crippen LogP contribution in [0.25, 0.3) is 0 Å². The minimum atomic E-state index is -0.131. The van der Waals surface area contributed by atoms with Crippen molar-refractivity contribution in [3.63, 3.8) is 0 Å². The van der Waals surface area contributed by atoms with Gasteiger partial charge in [-0.25, -0.2) is 0 Å². The number of carbonyl (C=O) groups is 2. The number of nitrogens with zero attached hydrogens (tertiary/aromatic N) is 1. The minimum Gasteiger partial charge on any atom is -0.338 e. The molecule has 1 aromatic rings. The van der Waals surface area contributed by atoms with E-state index in [0.29, 0.717) is 6.54 Å². The lowest BCUT2D eigenvalue weighted by molar-refractivity contribution is -0.130. The molecule has 0 saturated carbocycles.